The van der Waals surface area contributed by atoms with E-state index in [1.54, 1.807) is 36.5 Å². The number of hydrogen-bond acceptors (Lipinski definition) is 8. The van der Waals surface area contributed by atoms with E-state index in [2.05, 4.69) is 27.2 Å². The van der Waals surface area contributed by atoms with Gasteiger partial charge in [0.2, 0.25) is 0 Å². The first-order valence-corrected chi connectivity index (χ1v) is 18.0. The predicted molar refractivity (Wildman–Crippen MR) is 179 cm³/mol. The van der Waals surface area contributed by atoms with Crippen molar-refractivity contribution >= 4 is 33.1 Å². The van der Waals surface area contributed by atoms with Crippen LogP contribution >= 0.6 is 11.3 Å². The van der Waals surface area contributed by atoms with E-state index in [0.717, 1.165) is 35.4 Å². The molecule has 0 bridgehead atoms. The summed E-state index contributed by atoms with van der Waals surface area (Å²) in [6.45, 7) is 2.30. The van der Waals surface area contributed by atoms with Crippen LogP contribution in [-0.2, 0) is 27.9 Å². The number of carboxylic acids is 1. The lowest BCUT2D eigenvalue weighted by Crippen LogP contribution is -2.32. The summed E-state index contributed by atoms with van der Waals surface area (Å²) in [5, 5.41) is 15.7. The first-order valence-electron chi connectivity index (χ1n) is 15.7. The number of aliphatic carboxylic acids is 1. The van der Waals surface area contributed by atoms with Crippen molar-refractivity contribution in [1.82, 2.24) is 19.3 Å². The number of unbranched alkanes of at least 4 members (excludes halogenated alkanes) is 8. The van der Waals surface area contributed by atoms with Gasteiger partial charge < -0.3 is 10.4 Å². The number of sulfonamides is 1. The molecule has 0 aliphatic rings. The Hall–Kier alpha value is -3.67. The van der Waals surface area contributed by atoms with Crippen LogP contribution in [0.25, 0.3) is 10.6 Å². The molecule has 3 heterocycles. The molecule has 0 saturated heterocycles. The molecule has 9 nitrogen and oxygen atoms in total. The quantitative estimate of drug-likeness (QED) is 0.0930. The van der Waals surface area contributed by atoms with Crippen molar-refractivity contribution in [2.75, 3.05) is 5.32 Å². The van der Waals surface area contributed by atoms with Crippen molar-refractivity contribution in [1.29, 1.82) is 0 Å². The van der Waals surface area contributed by atoms with Crippen LogP contribution in [0.5, 0.6) is 0 Å². The van der Waals surface area contributed by atoms with Crippen molar-refractivity contribution in [2.24, 2.45) is 0 Å². The van der Waals surface area contributed by atoms with Gasteiger partial charge >= 0.3 is 5.97 Å². The summed E-state index contributed by atoms with van der Waals surface area (Å²) in [5.74, 6) is -0.527. The van der Waals surface area contributed by atoms with Crippen LogP contribution < -0.4 is 5.32 Å². The van der Waals surface area contributed by atoms with Gasteiger partial charge in [-0.05, 0) is 36.2 Å². The zero-order valence-corrected chi connectivity index (χ0v) is 27.5. The third-order valence-corrected chi connectivity index (χ3v) is 10.1. The molecule has 1 unspecified atom stereocenters. The number of anilines is 1. The van der Waals surface area contributed by atoms with Crippen LogP contribution in [0.2, 0.25) is 0 Å². The van der Waals surface area contributed by atoms with E-state index in [4.69, 9.17) is 0 Å². The lowest BCUT2D eigenvalue weighted by Gasteiger charge is -2.22. The van der Waals surface area contributed by atoms with Crippen LogP contribution in [0.1, 0.15) is 82.4 Å². The topological polar surface area (TPSA) is 125 Å². The Morgan fingerprint density at radius 3 is 2.24 bits per heavy atom. The molecule has 0 aliphatic heterocycles. The zero-order chi connectivity index (χ0) is 31.9. The number of rotatable bonds is 20. The normalized spacial score (nSPS) is 12.3. The monoisotopic (exact) mass is 649 g/mol. The number of thiazole rings is 1. The maximum atomic E-state index is 13.7. The minimum Gasteiger partial charge on any atom is -0.480 e. The van der Waals surface area contributed by atoms with Gasteiger partial charge in [0.15, 0.2) is 5.03 Å². The highest BCUT2D eigenvalue weighted by Gasteiger charge is 2.27. The molecular formula is C34H43N5O4S2. The first kappa shape index (κ1) is 34.2. The highest BCUT2D eigenvalue weighted by Crippen LogP contribution is 2.25. The van der Waals surface area contributed by atoms with Gasteiger partial charge in [-0.25, -0.2) is 28.2 Å². The highest BCUT2D eigenvalue weighted by atomic mass is 32.2. The summed E-state index contributed by atoms with van der Waals surface area (Å²) in [6, 6.07) is 16.9. The van der Waals surface area contributed by atoms with E-state index in [9.17, 15) is 18.3 Å². The molecule has 0 amide bonds. The number of pyridine rings is 2. The molecule has 3 aromatic heterocycles. The second-order valence-corrected chi connectivity index (χ2v) is 13.9. The Balaban J connectivity index is 1.42. The minimum atomic E-state index is -3.97. The van der Waals surface area contributed by atoms with E-state index in [1.165, 1.54) is 66.4 Å². The number of carboxylic acid groups (broad SMARTS) is 1. The van der Waals surface area contributed by atoms with Crippen LogP contribution in [-0.4, -0.2) is 44.8 Å². The fourth-order valence-corrected chi connectivity index (χ4v) is 7.08. The van der Waals surface area contributed by atoms with Crippen LogP contribution in [0.3, 0.4) is 0 Å². The third kappa shape index (κ3) is 10.7. The fourth-order valence-electron chi connectivity index (χ4n) is 5.10. The lowest BCUT2D eigenvalue weighted by molar-refractivity contribution is -0.138. The molecule has 0 saturated carbocycles. The zero-order valence-electron chi connectivity index (χ0n) is 25.8. The highest BCUT2D eigenvalue weighted by molar-refractivity contribution is 7.89. The summed E-state index contributed by atoms with van der Waals surface area (Å²) in [7, 11) is -3.97. The third-order valence-electron chi connectivity index (χ3n) is 7.60. The number of hydrogen-bond donors (Lipinski definition) is 2. The molecule has 4 rings (SSSR count). The summed E-state index contributed by atoms with van der Waals surface area (Å²) < 4.78 is 28.8. The number of benzene rings is 1. The molecule has 0 aliphatic carbocycles. The minimum absolute atomic E-state index is 0.0152. The van der Waals surface area contributed by atoms with E-state index in [0.29, 0.717) is 17.9 Å². The van der Waals surface area contributed by atoms with Crippen molar-refractivity contribution in [3.05, 3.63) is 89.7 Å². The Morgan fingerprint density at radius 2 is 1.60 bits per heavy atom. The smallest absolute Gasteiger partial charge is 0.326 e. The number of aromatic nitrogens is 3. The van der Waals surface area contributed by atoms with Gasteiger partial charge in [-0.2, -0.15) is 4.31 Å². The molecule has 2 N–H and O–H groups in total. The van der Waals surface area contributed by atoms with Crippen molar-refractivity contribution in [3.8, 4) is 10.6 Å². The predicted octanol–water partition coefficient (Wildman–Crippen LogP) is 7.78. The molecule has 240 valence electrons. The summed E-state index contributed by atoms with van der Waals surface area (Å²) in [6.07, 6.45) is 14.2. The molecule has 4 aromatic rings. The van der Waals surface area contributed by atoms with Crippen LogP contribution in [0, 0.1) is 0 Å². The maximum Gasteiger partial charge on any atom is 0.326 e. The Labute approximate surface area is 270 Å². The van der Waals surface area contributed by atoms with Gasteiger partial charge in [0.25, 0.3) is 10.0 Å². The second kappa shape index (κ2) is 17.7. The van der Waals surface area contributed by atoms with E-state index >= 15 is 0 Å². The van der Waals surface area contributed by atoms with Gasteiger partial charge in [0.05, 0.1) is 12.2 Å². The van der Waals surface area contributed by atoms with Crippen molar-refractivity contribution in [3.63, 3.8) is 0 Å². The number of carbonyl (C=O) groups is 1. The van der Waals surface area contributed by atoms with Gasteiger partial charge in [0.1, 0.15) is 16.9 Å². The molecular weight excluding hydrogens is 607 g/mol. The summed E-state index contributed by atoms with van der Waals surface area (Å²) in [4.78, 5) is 25.1. The SMILES string of the molecule is CCCCCCCCCCCC(Nc1cccc(CN(Cc2ccc(-c3nccs3)cc2)S(=O)(=O)c2ccccn2)n1)C(=O)O. The molecule has 0 radical (unpaired) electrons. The average Bonchev–Trinajstić information content (AvgIpc) is 3.59. The van der Waals surface area contributed by atoms with Crippen LogP contribution in [0.4, 0.5) is 5.82 Å². The Kier molecular flexibility index (Phi) is 13.5. The van der Waals surface area contributed by atoms with E-state index in [-0.39, 0.29) is 18.1 Å². The molecule has 1 atom stereocenters. The van der Waals surface area contributed by atoms with Crippen LogP contribution in [0.15, 0.2) is 83.5 Å². The molecule has 45 heavy (non-hydrogen) atoms. The Bertz CT molecular complexity index is 1550. The molecule has 11 heteroatoms. The van der Waals surface area contributed by atoms with Gasteiger partial charge in [-0.1, -0.05) is 101 Å². The molecule has 0 fully saturated rings. The average molecular weight is 650 g/mol. The summed E-state index contributed by atoms with van der Waals surface area (Å²) in [5.41, 5.74) is 2.26. The van der Waals surface area contributed by atoms with Crippen molar-refractivity contribution in [2.45, 2.75) is 95.3 Å². The summed E-state index contributed by atoms with van der Waals surface area (Å²) >= 11 is 1.54. The maximum absolute atomic E-state index is 13.7. The first-order chi connectivity index (χ1) is 21.9. The lowest BCUT2D eigenvalue weighted by atomic mass is 10.0. The van der Waals surface area contributed by atoms with E-state index < -0.39 is 22.0 Å². The van der Waals surface area contributed by atoms with Gasteiger partial charge in [-0.3, -0.25) is 0 Å². The van der Waals surface area contributed by atoms with E-state index in [1.807, 2.05) is 29.6 Å². The second-order valence-electron chi connectivity index (χ2n) is 11.1. The fraction of sp³-hybridized carbons (Fsp3) is 0.412. The van der Waals surface area contributed by atoms with Gasteiger partial charge in [-0.15, -0.1) is 11.3 Å². The van der Waals surface area contributed by atoms with Crippen molar-refractivity contribution < 1.29 is 18.3 Å². The number of nitrogens with zero attached hydrogens (tertiary/aromatic N) is 4. The Morgan fingerprint density at radius 1 is 0.867 bits per heavy atom. The number of nitrogens with one attached hydrogen (secondary N) is 1. The largest absolute Gasteiger partial charge is 0.480 e. The standard InChI is InChI=1S/C34H43N5O4S2/c1-2-3-4-5-6-7-8-9-10-15-30(34(40)41)38-31-16-13-14-29(37-31)26-39(45(42,43)32-17-11-12-22-35-32)25-27-18-20-28(21-19-27)33-36-23-24-44-33/h11-14,16-24,30H,2-10,15,25-26H2,1H3,(H,37,38)(H,40,41). The molecule has 0 spiro atoms. The molecule has 1 aromatic carbocycles. The van der Waals surface area contributed by atoms with Gasteiger partial charge in [0, 0.05) is 29.9 Å².